The van der Waals surface area contributed by atoms with E-state index in [-0.39, 0.29) is 30.4 Å². The Hall–Kier alpha value is -2.95. The van der Waals surface area contributed by atoms with Gasteiger partial charge in [-0.1, -0.05) is 42.0 Å². The lowest BCUT2D eigenvalue weighted by Gasteiger charge is -2.51. The van der Waals surface area contributed by atoms with Crippen LogP contribution in [0, 0.1) is 21.3 Å². The van der Waals surface area contributed by atoms with Gasteiger partial charge in [-0.2, -0.15) is 0 Å². The fourth-order valence-corrected chi connectivity index (χ4v) is 8.86. The molecule has 6 atom stereocenters. The number of hydrogen-bond donors (Lipinski definition) is 1. The summed E-state index contributed by atoms with van der Waals surface area (Å²) in [6.45, 7) is 0. The third-order valence-corrected chi connectivity index (χ3v) is 11.5. The van der Waals surface area contributed by atoms with Crippen LogP contribution in [-0.2, 0) is 19.2 Å². The Labute approximate surface area is 259 Å². The number of alkyl halides is 2. The number of carbonyl (C=O) groups is 4. The molecule has 10 heteroatoms. The molecule has 208 valence electrons. The summed E-state index contributed by atoms with van der Waals surface area (Å²) < 4.78 is 0.966. The number of nitrogens with zero attached hydrogens (tertiary/aromatic N) is 2. The van der Waals surface area contributed by atoms with Gasteiger partial charge in [0, 0.05) is 22.1 Å². The van der Waals surface area contributed by atoms with Crippen LogP contribution in [0.1, 0.15) is 24.3 Å². The number of imide groups is 2. The molecule has 3 aromatic carbocycles. The third-order valence-electron chi connectivity index (χ3n) is 9.34. The number of phenols is 1. The summed E-state index contributed by atoms with van der Waals surface area (Å²) in [4.78, 5) is 53.6. The molecule has 1 N–H and O–H groups in total. The van der Waals surface area contributed by atoms with E-state index in [1.165, 1.54) is 18.0 Å². The van der Waals surface area contributed by atoms with Gasteiger partial charge in [0.25, 0.3) is 11.8 Å². The maximum Gasteiger partial charge on any atom is 0.253 e. The van der Waals surface area contributed by atoms with E-state index in [4.69, 9.17) is 23.2 Å². The number of benzene rings is 3. The first-order valence-corrected chi connectivity index (χ1v) is 15.1. The molecule has 4 aliphatic rings. The second-order valence-electron chi connectivity index (χ2n) is 11.2. The molecule has 41 heavy (non-hydrogen) atoms. The average molecular weight is 701 g/mol. The van der Waals surface area contributed by atoms with Crippen molar-refractivity contribution in [2.45, 2.75) is 28.5 Å². The summed E-state index contributed by atoms with van der Waals surface area (Å²) in [5, 5.41) is 12.8. The molecule has 3 fully saturated rings. The van der Waals surface area contributed by atoms with Crippen molar-refractivity contribution < 1.29 is 24.3 Å². The molecule has 2 heterocycles. The normalized spacial score (nSPS) is 32.7. The van der Waals surface area contributed by atoms with E-state index in [1.807, 2.05) is 42.5 Å². The molecule has 0 spiro atoms. The Morgan fingerprint density at radius 3 is 2.34 bits per heavy atom. The Morgan fingerprint density at radius 1 is 0.902 bits per heavy atom. The van der Waals surface area contributed by atoms with Crippen LogP contribution in [-0.4, -0.2) is 50.4 Å². The van der Waals surface area contributed by atoms with Crippen LogP contribution in [0.2, 0.25) is 0 Å². The van der Waals surface area contributed by atoms with Gasteiger partial charge in [0.15, 0.2) is 9.75 Å². The zero-order chi connectivity index (χ0) is 29.0. The number of likely N-dealkylation sites (tertiary alicyclic amines) is 1. The van der Waals surface area contributed by atoms with Crippen molar-refractivity contribution >= 4 is 85.9 Å². The lowest BCUT2D eigenvalue weighted by molar-refractivity contribution is -0.138. The first kappa shape index (κ1) is 26.9. The maximum absolute atomic E-state index is 14.1. The van der Waals surface area contributed by atoms with E-state index in [9.17, 15) is 24.3 Å². The highest BCUT2D eigenvalue weighted by Crippen LogP contribution is 2.66. The van der Waals surface area contributed by atoms with Gasteiger partial charge in [0.05, 0.1) is 17.5 Å². The van der Waals surface area contributed by atoms with Crippen LogP contribution in [0.15, 0.2) is 72.3 Å². The Bertz CT molecular complexity index is 1740. The number of anilines is 1. The van der Waals surface area contributed by atoms with E-state index in [2.05, 4.69) is 22.6 Å². The van der Waals surface area contributed by atoms with Gasteiger partial charge in [0.2, 0.25) is 11.8 Å². The summed E-state index contributed by atoms with van der Waals surface area (Å²) in [6.07, 6.45) is 2.03. The number of halogens is 3. The number of phenolic OH excluding ortho intramolecular Hbond substituents is 1. The molecule has 0 radical (unpaired) electrons. The lowest BCUT2D eigenvalue weighted by Crippen LogP contribution is -2.60. The van der Waals surface area contributed by atoms with Crippen LogP contribution in [0.25, 0.3) is 10.8 Å². The highest BCUT2D eigenvalue weighted by molar-refractivity contribution is 14.1. The van der Waals surface area contributed by atoms with Gasteiger partial charge >= 0.3 is 0 Å². The zero-order valence-corrected chi connectivity index (χ0v) is 25.4. The topological polar surface area (TPSA) is 95.0 Å². The molecule has 7 rings (SSSR count). The fraction of sp³-hybridized carbons (Fsp3) is 0.290. The summed E-state index contributed by atoms with van der Waals surface area (Å²) >= 11 is 16.7. The van der Waals surface area contributed by atoms with Crippen molar-refractivity contribution in [3.05, 3.63) is 81.4 Å². The van der Waals surface area contributed by atoms with Gasteiger partial charge in [-0.3, -0.25) is 29.0 Å². The smallest absolute Gasteiger partial charge is 0.253 e. The standard InChI is InChI=1S/C31H23Cl2IN2O5/c1-35-28(40)30(32)14-21-19(11-12-20-23(21)27(39)36(26(20)38)17-9-7-16(34)8-10-17)25(31(30,33)29(35)41)24-18-5-3-2-4-15(18)6-13-22(24)37/h2-11,13,20-21,23,25,37H,12,14H2,1H3/t20-,21+,23-,25+,30+,31-/m0/s1. The number of carbonyl (C=O) groups excluding carboxylic acids is 4. The molecule has 3 aromatic rings. The summed E-state index contributed by atoms with van der Waals surface area (Å²) in [6, 6.07) is 17.8. The first-order chi connectivity index (χ1) is 19.5. The van der Waals surface area contributed by atoms with E-state index in [1.54, 1.807) is 18.2 Å². The van der Waals surface area contributed by atoms with Gasteiger partial charge in [-0.15, -0.1) is 23.2 Å². The van der Waals surface area contributed by atoms with Crippen LogP contribution in [0.4, 0.5) is 5.69 Å². The number of allylic oxidation sites excluding steroid dienone is 2. The highest BCUT2D eigenvalue weighted by Gasteiger charge is 2.76. The summed E-state index contributed by atoms with van der Waals surface area (Å²) in [7, 11) is 1.35. The van der Waals surface area contributed by atoms with E-state index >= 15 is 0 Å². The third kappa shape index (κ3) is 3.38. The lowest BCUT2D eigenvalue weighted by atomic mass is 9.56. The highest BCUT2D eigenvalue weighted by atomic mass is 127. The van der Waals surface area contributed by atoms with Crippen LogP contribution >= 0.6 is 45.8 Å². The number of amides is 4. The second kappa shape index (κ2) is 9.02. The number of hydrogen-bond acceptors (Lipinski definition) is 5. The Morgan fingerprint density at radius 2 is 1.61 bits per heavy atom. The minimum absolute atomic E-state index is 0.0957. The van der Waals surface area contributed by atoms with Crippen molar-refractivity contribution in [3.8, 4) is 5.75 Å². The van der Waals surface area contributed by atoms with Gasteiger partial charge in [-0.25, -0.2) is 0 Å². The van der Waals surface area contributed by atoms with Crippen LogP contribution < -0.4 is 4.90 Å². The molecule has 7 nitrogen and oxygen atoms in total. The second-order valence-corrected chi connectivity index (χ2v) is 13.7. The summed E-state index contributed by atoms with van der Waals surface area (Å²) in [5.41, 5.74) is 1.50. The zero-order valence-electron chi connectivity index (χ0n) is 21.7. The minimum Gasteiger partial charge on any atom is -0.508 e. The minimum atomic E-state index is -1.96. The van der Waals surface area contributed by atoms with Gasteiger partial charge in [0.1, 0.15) is 5.75 Å². The SMILES string of the molecule is CN1C(=O)[C@]2(Cl)C[C@@H]3C(=CC[C@@H]4C(=O)N(c5ccc(I)cc5)C(=O)[C@@H]43)[C@H](c3c(O)ccc4ccccc34)[C@]2(Cl)C1=O. The van der Waals surface area contributed by atoms with Crippen molar-refractivity contribution in [2.24, 2.45) is 17.8 Å². The van der Waals surface area contributed by atoms with Crippen LogP contribution in [0.3, 0.4) is 0 Å². The molecule has 0 unspecified atom stereocenters. The average Bonchev–Trinajstić information content (AvgIpc) is 3.29. The van der Waals surface area contributed by atoms with Crippen molar-refractivity contribution in [2.75, 3.05) is 11.9 Å². The molecular formula is C31H23Cl2IN2O5. The summed E-state index contributed by atoms with van der Waals surface area (Å²) in [5.74, 6) is -5.22. The number of fused-ring (bicyclic) bond motifs is 5. The fourth-order valence-electron chi connectivity index (χ4n) is 7.49. The molecule has 0 aromatic heterocycles. The Balaban J connectivity index is 1.45. The van der Waals surface area contributed by atoms with Crippen molar-refractivity contribution in [1.82, 2.24) is 4.90 Å². The number of rotatable bonds is 2. The first-order valence-electron chi connectivity index (χ1n) is 13.2. The van der Waals surface area contributed by atoms with Gasteiger partial charge < -0.3 is 5.11 Å². The Kier molecular flexibility index (Phi) is 5.92. The predicted molar refractivity (Wildman–Crippen MR) is 163 cm³/mol. The monoisotopic (exact) mass is 700 g/mol. The predicted octanol–water partition coefficient (Wildman–Crippen LogP) is 5.34. The largest absolute Gasteiger partial charge is 0.508 e. The van der Waals surface area contributed by atoms with Crippen molar-refractivity contribution in [1.29, 1.82) is 0 Å². The molecule has 2 aliphatic carbocycles. The molecule has 2 saturated heterocycles. The quantitative estimate of drug-likeness (QED) is 0.169. The van der Waals surface area contributed by atoms with E-state index < -0.39 is 45.2 Å². The molecule has 0 bridgehead atoms. The molecule has 1 saturated carbocycles. The number of aromatic hydroxyl groups is 1. The maximum atomic E-state index is 14.1. The molecule has 2 aliphatic heterocycles. The molecular weight excluding hydrogens is 678 g/mol. The van der Waals surface area contributed by atoms with Gasteiger partial charge in [-0.05, 0) is 82.5 Å². The molecule has 4 amide bonds. The van der Waals surface area contributed by atoms with E-state index in [0.29, 0.717) is 22.2 Å². The van der Waals surface area contributed by atoms with E-state index in [0.717, 1.165) is 13.9 Å². The van der Waals surface area contributed by atoms with Crippen LogP contribution in [0.5, 0.6) is 5.75 Å². The van der Waals surface area contributed by atoms with Crippen molar-refractivity contribution in [3.63, 3.8) is 0 Å².